The Labute approximate surface area is 300 Å². The van der Waals surface area contributed by atoms with Gasteiger partial charge in [-0.2, -0.15) is 0 Å². The number of pyridine rings is 2. The van der Waals surface area contributed by atoms with Crippen LogP contribution in [0.25, 0.3) is 44.7 Å². The minimum atomic E-state index is 0.102. The SMILES string of the molecule is COc1nc(-c2cccc(-c3cccc(-c4ccc5c(CNC[C@@H]6CCC(=O)N6)cn(C)c5n4)c3Cl)c2Cl)ccc1CNC[C@H]1CCC(=O)N1. The number of carbonyl (C=O) groups is 2. The van der Waals surface area contributed by atoms with Gasteiger partial charge in [0.05, 0.1) is 28.5 Å². The van der Waals surface area contributed by atoms with E-state index in [2.05, 4.69) is 33.5 Å². The lowest BCUT2D eigenvalue weighted by Gasteiger charge is -2.15. The molecule has 4 N–H and O–H groups in total. The molecule has 10 nitrogen and oxygen atoms in total. The van der Waals surface area contributed by atoms with Crippen LogP contribution < -0.4 is 26.0 Å². The molecule has 0 bridgehead atoms. The number of aromatic nitrogens is 3. The van der Waals surface area contributed by atoms with E-state index < -0.39 is 0 Å². The van der Waals surface area contributed by atoms with Crippen LogP contribution in [0.2, 0.25) is 10.0 Å². The summed E-state index contributed by atoms with van der Waals surface area (Å²) < 4.78 is 7.69. The van der Waals surface area contributed by atoms with Gasteiger partial charge in [-0.05, 0) is 36.6 Å². The molecule has 258 valence electrons. The molecule has 50 heavy (non-hydrogen) atoms. The second-order valence-corrected chi connectivity index (χ2v) is 13.7. The highest BCUT2D eigenvalue weighted by atomic mass is 35.5. The van der Waals surface area contributed by atoms with Crippen LogP contribution in [-0.4, -0.2) is 58.6 Å². The number of halogens is 2. The van der Waals surface area contributed by atoms with E-state index in [9.17, 15) is 9.59 Å². The van der Waals surface area contributed by atoms with Gasteiger partial charge in [0.25, 0.3) is 0 Å². The minimum Gasteiger partial charge on any atom is -0.481 e. The van der Waals surface area contributed by atoms with E-state index in [1.807, 2.05) is 66.2 Å². The largest absolute Gasteiger partial charge is 0.481 e. The van der Waals surface area contributed by atoms with Crippen molar-refractivity contribution in [1.82, 2.24) is 35.8 Å². The average molecular weight is 713 g/mol. The summed E-state index contributed by atoms with van der Waals surface area (Å²) in [6, 6.07) is 20.1. The fourth-order valence-electron chi connectivity index (χ4n) is 6.85. The summed E-state index contributed by atoms with van der Waals surface area (Å²) in [6.07, 6.45) is 4.96. The Morgan fingerprint density at radius 3 is 1.86 bits per heavy atom. The van der Waals surface area contributed by atoms with Crippen LogP contribution in [-0.2, 0) is 29.7 Å². The summed E-state index contributed by atoms with van der Waals surface area (Å²) in [5.74, 6) is 0.734. The van der Waals surface area contributed by atoms with Crippen molar-refractivity contribution in [2.75, 3.05) is 20.2 Å². The zero-order valence-corrected chi connectivity index (χ0v) is 29.5. The Bertz CT molecular complexity index is 2080. The van der Waals surface area contributed by atoms with Crippen molar-refractivity contribution in [3.05, 3.63) is 88.0 Å². The molecule has 12 heteroatoms. The molecule has 2 saturated heterocycles. The number of benzene rings is 2. The summed E-state index contributed by atoms with van der Waals surface area (Å²) in [5, 5.41) is 15.0. The molecule has 2 atom stereocenters. The summed E-state index contributed by atoms with van der Waals surface area (Å²) >= 11 is 14.3. The second-order valence-electron chi connectivity index (χ2n) is 12.9. The maximum absolute atomic E-state index is 11.5. The number of amides is 2. The van der Waals surface area contributed by atoms with Crippen molar-refractivity contribution in [3.63, 3.8) is 0 Å². The lowest BCUT2D eigenvalue weighted by atomic mass is 9.98. The molecular formula is C38H39Cl2N7O3. The molecular weight excluding hydrogens is 673 g/mol. The highest BCUT2D eigenvalue weighted by molar-refractivity contribution is 6.39. The monoisotopic (exact) mass is 711 g/mol. The number of fused-ring (bicyclic) bond motifs is 1. The molecule has 2 aromatic carbocycles. The molecule has 0 aliphatic carbocycles. The summed E-state index contributed by atoms with van der Waals surface area (Å²) in [6.45, 7) is 2.65. The predicted molar refractivity (Wildman–Crippen MR) is 197 cm³/mol. The Morgan fingerprint density at radius 2 is 1.30 bits per heavy atom. The summed E-state index contributed by atoms with van der Waals surface area (Å²) in [4.78, 5) is 32.9. The number of rotatable bonds is 12. The van der Waals surface area contributed by atoms with Crippen molar-refractivity contribution < 1.29 is 14.3 Å². The van der Waals surface area contributed by atoms with Gasteiger partial charge < -0.3 is 30.6 Å². The van der Waals surface area contributed by atoms with Gasteiger partial charge in [0.15, 0.2) is 0 Å². The van der Waals surface area contributed by atoms with Crippen LogP contribution in [0, 0.1) is 0 Å². The molecule has 5 heterocycles. The number of aryl methyl sites for hydroxylation is 1. The molecule has 2 amide bonds. The van der Waals surface area contributed by atoms with Crippen LogP contribution in [0.1, 0.15) is 36.8 Å². The van der Waals surface area contributed by atoms with Crippen molar-refractivity contribution in [2.24, 2.45) is 7.05 Å². The number of methoxy groups -OCH3 is 1. The lowest BCUT2D eigenvalue weighted by molar-refractivity contribution is -0.120. The minimum absolute atomic E-state index is 0.102. The third kappa shape index (κ3) is 7.07. The maximum Gasteiger partial charge on any atom is 0.220 e. The van der Waals surface area contributed by atoms with Crippen molar-refractivity contribution in [2.45, 2.75) is 50.9 Å². The normalized spacial score (nSPS) is 17.4. The first-order valence-electron chi connectivity index (χ1n) is 16.9. The Kier molecular flexibility index (Phi) is 10.1. The standard InChI is InChI=1S/C38H39Cl2N7O3/c1-47-21-23(18-42-20-25-11-16-34(49)44-25)26-12-14-31(45-37(26)47)29-7-3-5-27(35(29)39)28-6-4-8-30(36(28)40)32-13-9-22(38(46-32)50-2)17-41-19-24-10-15-33(48)43-24/h3-9,12-14,21,24-25,41-42H,10-11,15-20H2,1-2H3,(H,43,48)(H,44,49)/t24-,25+/m1/s1. The number of hydrogen-bond donors (Lipinski definition) is 4. The molecule has 5 aromatic rings. The van der Waals surface area contributed by atoms with Crippen molar-refractivity contribution in [1.29, 1.82) is 0 Å². The quantitative estimate of drug-likeness (QED) is 0.125. The molecule has 0 spiro atoms. The third-order valence-electron chi connectivity index (χ3n) is 9.46. The van der Waals surface area contributed by atoms with Gasteiger partial charge in [-0.1, -0.05) is 65.7 Å². The smallest absolute Gasteiger partial charge is 0.220 e. The molecule has 2 aliphatic rings. The van der Waals surface area contributed by atoms with Gasteiger partial charge >= 0.3 is 0 Å². The van der Waals surface area contributed by atoms with Crippen LogP contribution in [0.5, 0.6) is 5.88 Å². The van der Waals surface area contributed by atoms with Gasteiger partial charge in [0.2, 0.25) is 17.7 Å². The summed E-state index contributed by atoms with van der Waals surface area (Å²) in [5.41, 5.74) is 7.50. The highest BCUT2D eigenvalue weighted by Crippen LogP contribution is 2.42. The molecule has 2 aliphatic heterocycles. The van der Waals surface area contributed by atoms with Crippen LogP contribution in [0.15, 0.2) is 66.9 Å². The van der Waals surface area contributed by atoms with Crippen LogP contribution in [0.3, 0.4) is 0 Å². The van der Waals surface area contributed by atoms with Crippen LogP contribution in [0.4, 0.5) is 0 Å². The molecule has 7 rings (SSSR count). The van der Waals surface area contributed by atoms with Crippen LogP contribution >= 0.6 is 23.2 Å². The third-order valence-corrected chi connectivity index (χ3v) is 10.3. The second kappa shape index (κ2) is 14.8. The van der Waals surface area contributed by atoms with Crippen molar-refractivity contribution >= 4 is 46.0 Å². The lowest BCUT2D eigenvalue weighted by Crippen LogP contribution is -2.35. The first-order chi connectivity index (χ1) is 24.3. The van der Waals surface area contributed by atoms with Gasteiger partial charge in [-0.3, -0.25) is 9.59 Å². The van der Waals surface area contributed by atoms with E-state index >= 15 is 0 Å². The molecule has 3 aromatic heterocycles. The zero-order chi connectivity index (χ0) is 34.8. The van der Waals surface area contributed by atoms with Gasteiger partial charge in [-0.15, -0.1) is 0 Å². The van der Waals surface area contributed by atoms with Gasteiger partial charge in [0, 0.05) is 97.6 Å². The fourth-order valence-corrected chi connectivity index (χ4v) is 7.50. The number of nitrogens with one attached hydrogen (secondary N) is 4. The van der Waals surface area contributed by atoms with Gasteiger partial charge in [0.1, 0.15) is 5.65 Å². The number of hydrogen-bond acceptors (Lipinski definition) is 7. The van der Waals surface area contributed by atoms with E-state index in [1.165, 1.54) is 0 Å². The topological polar surface area (TPSA) is 122 Å². The Hall–Kier alpha value is -4.48. The fraction of sp³-hybridized carbons (Fsp3) is 0.316. The number of carbonyl (C=O) groups excluding carboxylic acids is 2. The first kappa shape index (κ1) is 34.0. The number of nitrogens with zero attached hydrogens (tertiary/aromatic N) is 3. The van der Waals surface area contributed by atoms with E-state index in [4.69, 9.17) is 37.9 Å². The predicted octanol–water partition coefficient (Wildman–Crippen LogP) is 6.02. The summed E-state index contributed by atoms with van der Waals surface area (Å²) in [7, 11) is 3.60. The first-order valence-corrected chi connectivity index (χ1v) is 17.6. The van der Waals surface area contributed by atoms with Gasteiger partial charge in [-0.25, -0.2) is 9.97 Å². The maximum atomic E-state index is 11.5. The Balaban J connectivity index is 1.11. The van der Waals surface area contributed by atoms with E-state index in [-0.39, 0.29) is 23.9 Å². The highest BCUT2D eigenvalue weighted by Gasteiger charge is 2.22. The average Bonchev–Trinajstić information content (AvgIpc) is 3.83. The van der Waals surface area contributed by atoms with E-state index in [0.29, 0.717) is 54.1 Å². The molecule has 0 saturated carbocycles. The number of ether oxygens (including phenoxy) is 1. The molecule has 0 radical (unpaired) electrons. The molecule has 2 fully saturated rings. The zero-order valence-electron chi connectivity index (χ0n) is 28.0. The Morgan fingerprint density at radius 1 is 0.760 bits per heavy atom. The van der Waals surface area contributed by atoms with E-state index in [0.717, 1.165) is 69.5 Å². The van der Waals surface area contributed by atoms with E-state index in [1.54, 1.807) is 7.11 Å². The molecule has 0 unspecified atom stereocenters. The van der Waals surface area contributed by atoms with Crippen molar-refractivity contribution in [3.8, 4) is 39.5 Å².